The lowest BCUT2D eigenvalue weighted by Crippen LogP contribution is -2.09. The van der Waals surface area contributed by atoms with Crippen LogP contribution >= 0.6 is 11.6 Å². The zero-order chi connectivity index (χ0) is 9.84. The maximum atomic E-state index is 11.2. The van der Waals surface area contributed by atoms with E-state index < -0.39 is 0 Å². The zero-order valence-corrected chi connectivity index (χ0v) is 8.51. The molecule has 1 aromatic heterocycles. The first-order chi connectivity index (χ1) is 6.16. The summed E-state index contributed by atoms with van der Waals surface area (Å²) in [6, 6.07) is 3.52. The molecule has 0 saturated heterocycles. The molecule has 13 heavy (non-hydrogen) atoms. The molecule has 0 fully saturated rings. The number of hydrogen-bond donors (Lipinski definition) is 0. The molecular weight excluding hydrogens is 186 g/mol. The molecule has 0 saturated carbocycles. The molecule has 0 N–H and O–H groups in total. The van der Waals surface area contributed by atoms with Crippen molar-refractivity contribution in [2.24, 2.45) is 0 Å². The van der Waals surface area contributed by atoms with Gasteiger partial charge >= 0.3 is 0 Å². The standard InChI is InChI=1S/C10H12ClNO/c1-3-8(7(2)13)10-9(11)5-4-6-12-10/h4-6,8H,3H2,1-2H3. The Morgan fingerprint density at radius 2 is 2.38 bits per heavy atom. The van der Waals surface area contributed by atoms with Crippen LogP contribution in [0.25, 0.3) is 0 Å². The van der Waals surface area contributed by atoms with Crippen LogP contribution in [0.1, 0.15) is 31.9 Å². The van der Waals surface area contributed by atoms with Gasteiger partial charge < -0.3 is 0 Å². The lowest BCUT2D eigenvalue weighted by molar-refractivity contribution is -0.118. The molecule has 1 unspecified atom stereocenters. The van der Waals surface area contributed by atoms with E-state index in [2.05, 4.69) is 4.98 Å². The fourth-order valence-corrected chi connectivity index (χ4v) is 1.58. The summed E-state index contributed by atoms with van der Waals surface area (Å²) < 4.78 is 0. The van der Waals surface area contributed by atoms with Crippen LogP contribution in [0.15, 0.2) is 18.3 Å². The molecule has 0 aliphatic heterocycles. The Morgan fingerprint density at radius 3 is 2.85 bits per heavy atom. The average Bonchev–Trinajstić information content (AvgIpc) is 2.09. The van der Waals surface area contributed by atoms with E-state index in [-0.39, 0.29) is 11.7 Å². The topological polar surface area (TPSA) is 30.0 Å². The zero-order valence-electron chi connectivity index (χ0n) is 7.75. The van der Waals surface area contributed by atoms with Gasteiger partial charge in [-0.1, -0.05) is 18.5 Å². The predicted octanol–water partition coefficient (Wildman–Crippen LogP) is 2.82. The van der Waals surface area contributed by atoms with Crippen LogP contribution in [0.3, 0.4) is 0 Å². The van der Waals surface area contributed by atoms with Crippen molar-refractivity contribution in [1.82, 2.24) is 4.98 Å². The maximum Gasteiger partial charge on any atom is 0.138 e. The molecule has 1 rings (SSSR count). The number of pyridine rings is 1. The van der Waals surface area contributed by atoms with Gasteiger partial charge in [0.15, 0.2) is 0 Å². The molecule has 1 aromatic rings. The van der Waals surface area contributed by atoms with Crippen LogP contribution in [-0.2, 0) is 4.79 Å². The van der Waals surface area contributed by atoms with E-state index in [0.29, 0.717) is 10.7 Å². The molecule has 0 spiro atoms. The van der Waals surface area contributed by atoms with Gasteiger partial charge in [0, 0.05) is 6.20 Å². The Labute approximate surface area is 82.9 Å². The van der Waals surface area contributed by atoms with Crippen molar-refractivity contribution in [2.75, 3.05) is 0 Å². The summed E-state index contributed by atoms with van der Waals surface area (Å²) in [6.07, 6.45) is 2.40. The third-order valence-corrected chi connectivity index (χ3v) is 2.34. The molecule has 0 aliphatic rings. The number of halogens is 1. The van der Waals surface area contributed by atoms with Crippen LogP contribution < -0.4 is 0 Å². The van der Waals surface area contributed by atoms with E-state index in [1.54, 1.807) is 25.3 Å². The molecule has 0 bridgehead atoms. The molecule has 1 heterocycles. The van der Waals surface area contributed by atoms with Gasteiger partial charge in [0.25, 0.3) is 0 Å². The quantitative estimate of drug-likeness (QED) is 0.746. The van der Waals surface area contributed by atoms with Crippen molar-refractivity contribution < 1.29 is 4.79 Å². The predicted molar refractivity (Wildman–Crippen MR) is 53.0 cm³/mol. The number of nitrogens with zero attached hydrogens (tertiary/aromatic N) is 1. The third-order valence-electron chi connectivity index (χ3n) is 2.02. The number of rotatable bonds is 3. The highest BCUT2D eigenvalue weighted by Crippen LogP contribution is 2.25. The van der Waals surface area contributed by atoms with Crippen LogP contribution in [0, 0.1) is 0 Å². The lowest BCUT2D eigenvalue weighted by atomic mass is 9.98. The minimum absolute atomic E-state index is 0.114. The van der Waals surface area contributed by atoms with E-state index in [4.69, 9.17) is 11.6 Å². The smallest absolute Gasteiger partial charge is 0.138 e. The molecule has 0 aliphatic carbocycles. The number of Topliss-reactive ketones (excluding diaryl/α,β-unsaturated/α-hetero) is 1. The first kappa shape index (κ1) is 10.2. The summed E-state index contributed by atoms with van der Waals surface area (Å²) in [7, 11) is 0. The van der Waals surface area contributed by atoms with Gasteiger partial charge in [0.1, 0.15) is 5.78 Å². The first-order valence-corrected chi connectivity index (χ1v) is 4.65. The highest BCUT2D eigenvalue weighted by Gasteiger charge is 2.18. The summed E-state index contributed by atoms with van der Waals surface area (Å²) in [5.41, 5.74) is 0.694. The van der Waals surface area contributed by atoms with Gasteiger partial charge in [0.2, 0.25) is 0 Å². The number of aromatic nitrogens is 1. The van der Waals surface area contributed by atoms with Crippen molar-refractivity contribution in [3.63, 3.8) is 0 Å². The van der Waals surface area contributed by atoms with Crippen molar-refractivity contribution in [3.8, 4) is 0 Å². The average molecular weight is 198 g/mol. The highest BCUT2D eigenvalue weighted by atomic mass is 35.5. The van der Waals surface area contributed by atoms with Crippen LogP contribution in [-0.4, -0.2) is 10.8 Å². The van der Waals surface area contributed by atoms with Crippen LogP contribution in [0.4, 0.5) is 0 Å². The van der Waals surface area contributed by atoms with Crippen molar-refractivity contribution >= 4 is 17.4 Å². The summed E-state index contributed by atoms with van der Waals surface area (Å²) in [6.45, 7) is 3.52. The third kappa shape index (κ3) is 2.28. The molecule has 2 nitrogen and oxygen atoms in total. The number of carbonyl (C=O) groups excluding carboxylic acids is 1. The molecule has 0 aromatic carbocycles. The highest BCUT2D eigenvalue weighted by molar-refractivity contribution is 6.31. The summed E-state index contributed by atoms with van der Waals surface area (Å²) >= 11 is 5.93. The first-order valence-electron chi connectivity index (χ1n) is 4.27. The van der Waals surface area contributed by atoms with E-state index in [1.165, 1.54) is 0 Å². The van der Waals surface area contributed by atoms with E-state index in [0.717, 1.165) is 6.42 Å². The number of carbonyl (C=O) groups is 1. The Kier molecular flexibility index (Phi) is 3.43. The molecule has 70 valence electrons. The fraction of sp³-hybridized carbons (Fsp3) is 0.400. The molecular formula is C10H12ClNO. The number of ketones is 1. The van der Waals surface area contributed by atoms with Gasteiger partial charge in [-0.05, 0) is 25.5 Å². The van der Waals surface area contributed by atoms with Gasteiger partial charge in [-0.3, -0.25) is 9.78 Å². The van der Waals surface area contributed by atoms with Crippen molar-refractivity contribution in [1.29, 1.82) is 0 Å². The van der Waals surface area contributed by atoms with Gasteiger partial charge in [-0.15, -0.1) is 0 Å². The maximum absolute atomic E-state index is 11.2. The molecule has 1 atom stereocenters. The van der Waals surface area contributed by atoms with Gasteiger partial charge in [0.05, 0.1) is 16.6 Å². The second kappa shape index (κ2) is 4.38. The Hall–Kier alpha value is -0.890. The molecule has 0 radical (unpaired) electrons. The van der Waals surface area contributed by atoms with Gasteiger partial charge in [-0.25, -0.2) is 0 Å². The Morgan fingerprint density at radius 1 is 1.69 bits per heavy atom. The summed E-state index contributed by atoms with van der Waals surface area (Å²) in [5.74, 6) is -0.0446. The second-order valence-corrected chi connectivity index (χ2v) is 3.35. The van der Waals surface area contributed by atoms with E-state index in [9.17, 15) is 4.79 Å². The number of hydrogen-bond acceptors (Lipinski definition) is 2. The SMILES string of the molecule is CCC(C(C)=O)c1ncccc1Cl. The fourth-order valence-electron chi connectivity index (χ4n) is 1.33. The Balaban J connectivity index is 3.04. The Bertz CT molecular complexity index is 312. The van der Waals surface area contributed by atoms with Gasteiger partial charge in [-0.2, -0.15) is 0 Å². The van der Waals surface area contributed by atoms with Crippen LogP contribution in [0.2, 0.25) is 5.02 Å². The second-order valence-electron chi connectivity index (χ2n) is 2.94. The lowest BCUT2D eigenvalue weighted by Gasteiger charge is -2.11. The largest absolute Gasteiger partial charge is 0.299 e. The van der Waals surface area contributed by atoms with Crippen molar-refractivity contribution in [3.05, 3.63) is 29.0 Å². The minimum atomic E-state index is -0.159. The normalized spacial score (nSPS) is 12.5. The molecule has 0 amide bonds. The van der Waals surface area contributed by atoms with E-state index in [1.807, 2.05) is 6.92 Å². The van der Waals surface area contributed by atoms with Crippen molar-refractivity contribution in [2.45, 2.75) is 26.2 Å². The van der Waals surface area contributed by atoms with E-state index >= 15 is 0 Å². The monoisotopic (exact) mass is 197 g/mol. The summed E-state index contributed by atoms with van der Waals surface area (Å²) in [4.78, 5) is 15.3. The van der Waals surface area contributed by atoms with Crippen LogP contribution in [0.5, 0.6) is 0 Å². The minimum Gasteiger partial charge on any atom is -0.299 e. The molecule has 3 heteroatoms. The summed E-state index contributed by atoms with van der Waals surface area (Å²) in [5, 5.41) is 0.574.